The zero-order chi connectivity index (χ0) is 16.2. The monoisotopic (exact) mass is 320 g/mol. The van der Waals surface area contributed by atoms with E-state index in [-0.39, 0.29) is 4.90 Å². The van der Waals surface area contributed by atoms with Crippen LogP contribution in [0.5, 0.6) is 5.75 Å². The van der Waals surface area contributed by atoms with E-state index in [0.717, 1.165) is 5.56 Å². The van der Waals surface area contributed by atoms with Crippen LogP contribution < -0.4 is 15.0 Å². The molecule has 7 heteroatoms. The fourth-order valence-electron chi connectivity index (χ4n) is 1.81. The number of hydrogen-bond acceptors (Lipinski definition) is 4. The number of carbonyl (C=O) groups is 1. The van der Waals surface area contributed by atoms with Crippen molar-refractivity contribution in [1.82, 2.24) is 10.3 Å². The molecule has 0 aliphatic heterocycles. The summed E-state index contributed by atoms with van der Waals surface area (Å²) < 4.78 is 29.1. The number of hydrazine groups is 1. The lowest BCUT2D eigenvalue weighted by atomic mass is 10.1. The molecular weight excluding hydrogens is 304 g/mol. The Kier molecular flexibility index (Phi) is 4.79. The van der Waals surface area contributed by atoms with Crippen molar-refractivity contribution in [2.45, 2.75) is 11.8 Å². The Morgan fingerprint density at radius 3 is 2.41 bits per heavy atom. The van der Waals surface area contributed by atoms with E-state index in [0.29, 0.717) is 11.3 Å². The van der Waals surface area contributed by atoms with Gasteiger partial charge in [0.1, 0.15) is 5.75 Å². The van der Waals surface area contributed by atoms with Crippen LogP contribution in [-0.2, 0) is 10.0 Å². The lowest BCUT2D eigenvalue weighted by molar-refractivity contribution is 0.0945. The predicted octanol–water partition coefficient (Wildman–Crippen LogP) is 1.63. The van der Waals surface area contributed by atoms with Crippen molar-refractivity contribution in [3.05, 3.63) is 59.7 Å². The fourth-order valence-corrected chi connectivity index (χ4v) is 2.67. The highest BCUT2D eigenvalue weighted by atomic mass is 32.2. The largest absolute Gasteiger partial charge is 0.496 e. The molecule has 22 heavy (non-hydrogen) atoms. The molecule has 2 N–H and O–H groups in total. The minimum absolute atomic E-state index is 0.0665. The Balaban J connectivity index is 2.10. The third kappa shape index (κ3) is 3.63. The number of ether oxygens (including phenoxy) is 1. The van der Waals surface area contributed by atoms with Gasteiger partial charge in [-0.1, -0.05) is 24.3 Å². The van der Waals surface area contributed by atoms with E-state index in [1.165, 1.54) is 19.2 Å². The van der Waals surface area contributed by atoms with E-state index >= 15 is 0 Å². The zero-order valence-electron chi connectivity index (χ0n) is 12.2. The van der Waals surface area contributed by atoms with Gasteiger partial charge in [-0.3, -0.25) is 10.2 Å². The van der Waals surface area contributed by atoms with Crippen molar-refractivity contribution in [2.75, 3.05) is 7.11 Å². The molecule has 0 saturated heterocycles. The van der Waals surface area contributed by atoms with Crippen molar-refractivity contribution in [3.63, 3.8) is 0 Å². The molecule has 0 atom stereocenters. The molecule has 0 aliphatic carbocycles. The molecule has 0 heterocycles. The first-order valence-corrected chi connectivity index (χ1v) is 7.94. The summed E-state index contributed by atoms with van der Waals surface area (Å²) in [5.41, 5.74) is 3.34. The van der Waals surface area contributed by atoms with Crippen LogP contribution in [0.1, 0.15) is 15.9 Å². The van der Waals surface area contributed by atoms with E-state index in [2.05, 4.69) is 10.3 Å². The second kappa shape index (κ2) is 6.59. The average molecular weight is 320 g/mol. The Bertz CT molecular complexity index is 773. The van der Waals surface area contributed by atoms with Gasteiger partial charge in [0.2, 0.25) is 0 Å². The van der Waals surface area contributed by atoms with Crippen molar-refractivity contribution in [3.8, 4) is 5.75 Å². The molecule has 2 rings (SSSR count). The van der Waals surface area contributed by atoms with Crippen LogP contribution in [0.15, 0.2) is 53.4 Å². The number of sulfonamides is 1. The smallest absolute Gasteiger partial charge is 0.266 e. The molecule has 2 aromatic carbocycles. The molecule has 0 bridgehead atoms. The highest BCUT2D eigenvalue weighted by Crippen LogP contribution is 2.18. The predicted molar refractivity (Wildman–Crippen MR) is 82.0 cm³/mol. The van der Waals surface area contributed by atoms with Crippen LogP contribution >= 0.6 is 0 Å². The van der Waals surface area contributed by atoms with Crippen molar-refractivity contribution >= 4 is 15.9 Å². The Labute approximate surface area is 129 Å². The normalized spacial score (nSPS) is 11.0. The van der Waals surface area contributed by atoms with Gasteiger partial charge >= 0.3 is 0 Å². The maximum Gasteiger partial charge on any atom is 0.266 e. The highest BCUT2D eigenvalue weighted by Gasteiger charge is 2.15. The lowest BCUT2D eigenvalue weighted by Crippen LogP contribution is -2.41. The summed E-state index contributed by atoms with van der Waals surface area (Å²) in [5.74, 6) is -0.0172. The average Bonchev–Trinajstić information content (AvgIpc) is 2.54. The van der Waals surface area contributed by atoms with E-state index in [4.69, 9.17) is 4.74 Å². The first-order valence-electron chi connectivity index (χ1n) is 6.46. The molecule has 0 unspecified atom stereocenters. The third-order valence-electron chi connectivity index (χ3n) is 3.02. The SMILES string of the molecule is COc1cc(C(=O)NNS(=O)(=O)c2ccccc2)ccc1C. The number of carbonyl (C=O) groups excluding carboxylic acids is 1. The number of nitrogens with one attached hydrogen (secondary N) is 2. The van der Waals surface area contributed by atoms with E-state index < -0.39 is 15.9 Å². The first kappa shape index (κ1) is 16.0. The minimum atomic E-state index is -3.80. The third-order valence-corrected chi connectivity index (χ3v) is 4.29. The number of hydrogen-bond donors (Lipinski definition) is 2. The van der Waals surface area contributed by atoms with Crippen molar-refractivity contribution in [1.29, 1.82) is 0 Å². The fraction of sp³-hybridized carbons (Fsp3) is 0.133. The number of rotatable bonds is 5. The van der Waals surface area contributed by atoms with Crippen LogP contribution in [-0.4, -0.2) is 21.4 Å². The molecule has 0 saturated carbocycles. The van der Waals surface area contributed by atoms with Gasteiger partial charge in [-0.15, -0.1) is 4.83 Å². The van der Waals surface area contributed by atoms with E-state index in [9.17, 15) is 13.2 Å². The van der Waals surface area contributed by atoms with Gasteiger partial charge < -0.3 is 4.74 Å². The topological polar surface area (TPSA) is 84.5 Å². The summed E-state index contributed by atoms with van der Waals surface area (Å²) in [5, 5.41) is 0. The van der Waals surface area contributed by atoms with Crippen LogP contribution in [0.25, 0.3) is 0 Å². The van der Waals surface area contributed by atoms with Crippen LogP contribution in [0.3, 0.4) is 0 Å². The zero-order valence-corrected chi connectivity index (χ0v) is 13.0. The molecule has 0 aliphatic rings. The Morgan fingerprint density at radius 1 is 1.09 bits per heavy atom. The number of benzene rings is 2. The van der Waals surface area contributed by atoms with Gasteiger partial charge in [0.15, 0.2) is 0 Å². The second-order valence-corrected chi connectivity index (χ2v) is 6.24. The standard InChI is InChI=1S/C15H16N2O4S/c1-11-8-9-12(10-14(11)21-2)15(18)16-17-22(19,20)13-6-4-3-5-7-13/h3-10,17H,1-2H3,(H,16,18). The van der Waals surface area contributed by atoms with Crippen LogP contribution in [0.4, 0.5) is 0 Å². The van der Waals surface area contributed by atoms with Crippen molar-refractivity contribution < 1.29 is 17.9 Å². The molecule has 0 fully saturated rings. The summed E-state index contributed by atoms with van der Waals surface area (Å²) in [6.45, 7) is 1.85. The first-order chi connectivity index (χ1) is 10.4. The Hall–Kier alpha value is -2.38. The molecule has 0 spiro atoms. The number of aryl methyl sites for hydroxylation is 1. The molecular formula is C15H16N2O4S. The van der Waals surface area contributed by atoms with Gasteiger partial charge in [-0.05, 0) is 36.8 Å². The van der Waals surface area contributed by atoms with Crippen LogP contribution in [0.2, 0.25) is 0 Å². The molecule has 2 aromatic rings. The molecule has 116 valence electrons. The van der Waals surface area contributed by atoms with E-state index in [1.807, 2.05) is 6.92 Å². The Morgan fingerprint density at radius 2 is 1.77 bits per heavy atom. The second-order valence-electron chi connectivity index (χ2n) is 4.56. The molecule has 1 amide bonds. The number of amides is 1. The van der Waals surface area contributed by atoms with Gasteiger partial charge in [0, 0.05) is 5.56 Å². The lowest BCUT2D eigenvalue weighted by Gasteiger charge is -2.10. The molecule has 6 nitrogen and oxygen atoms in total. The highest BCUT2D eigenvalue weighted by molar-refractivity contribution is 7.89. The van der Waals surface area contributed by atoms with Gasteiger partial charge in [-0.25, -0.2) is 8.42 Å². The molecule has 0 aromatic heterocycles. The maximum atomic E-state index is 12.0. The number of methoxy groups -OCH3 is 1. The van der Waals surface area contributed by atoms with Crippen molar-refractivity contribution in [2.24, 2.45) is 0 Å². The van der Waals surface area contributed by atoms with E-state index in [1.54, 1.807) is 36.4 Å². The summed E-state index contributed by atoms with van der Waals surface area (Å²) in [4.78, 5) is 14.1. The maximum absolute atomic E-state index is 12.0. The summed E-state index contributed by atoms with van der Waals surface area (Å²) in [7, 11) is -2.30. The van der Waals surface area contributed by atoms with Gasteiger partial charge in [0.25, 0.3) is 15.9 Å². The van der Waals surface area contributed by atoms with Gasteiger partial charge in [-0.2, -0.15) is 0 Å². The summed E-state index contributed by atoms with van der Waals surface area (Å²) in [6.07, 6.45) is 0. The minimum Gasteiger partial charge on any atom is -0.496 e. The summed E-state index contributed by atoms with van der Waals surface area (Å²) >= 11 is 0. The quantitative estimate of drug-likeness (QED) is 0.820. The summed E-state index contributed by atoms with van der Waals surface area (Å²) in [6, 6.07) is 12.6. The van der Waals surface area contributed by atoms with Crippen LogP contribution in [0, 0.1) is 6.92 Å². The van der Waals surface area contributed by atoms with Gasteiger partial charge in [0.05, 0.1) is 12.0 Å². The molecule has 0 radical (unpaired) electrons.